The van der Waals surface area contributed by atoms with Gasteiger partial charge < -0.3 is 9.47 Å². The Morgan fingerprint density at radius 3 is 1.60 bits per heavy atom. The van der Waals surface area contributed by atoms with Crippen LogP contribution in [-0.4, -0.2) is 4.57 Å². The molecular weight excluding hydrogens is 709 g/mol. The van der Waals surface area contributed by atoms with Crippen LogP contribution in [0, 0.1) is 0 Å². The molecule has 0 aliphatic heterocycles. The van der Waals surface area contributed by atoms with Gasteiger partial charge in [0.1, 0.15) is 0 Å². The highest BCUT2D eigenvalue weighted by atomic mass is 32.1. The molecule has 0 aliphatic carbocycles. The first kappa shape index (κ1) is 33.2. The molecule has 268 valence electrons. The van der Waals surface area contributed by atoms with E-state index < -0.39 is 0 Å². The highest BCUT2D eigenvalue weighted by molar-refractivity contribution is 7.25. The fourth-order valence-electron chi connectivity index (χ4n) is 8.48. The van der Waals surface area contributed by atoms with Gasteiger partial charge in [0.25, 0.3) is 0 Å². The van der Waals surface area contributed by atoms with Gasteiger partial charge in [0.2, 0.25) is 0 Å². The topological polar surface area (TPSA) is 8.17 Å². The van der Waals surface area contributed by atoms with Gasteiger partial charge in [-0.2, -0.15) is 0 Å². The summed E-state index contributed by atoms with van der Waals surface area (Å²) in [7, 11) is 0. The molecule has 2 aromatic heterocycles. The molecule has 11 rings (SSSR count). The molecule has 0 fully saturated rings. The molecule has 0 aliphatic rings. The van der Waals surface area contributed by atoms with Crippen LogP contribution in [0.15, 0.2) is 218 Å². The Morgan fingerprint density at radius 1 is 0.316 bits per heavy atom. The van der Waals surface area contributed by atoms with Gasteiger partial charge in [0.05, 0.1) is 16.7 Å². The van der Waals surface area contributed by atoms with Crippen LogP contribution in [0.1, 0.15) is 0 Å². The van der Waals surface area contributed by atoms with Crippen molar-refractivity contribution in [1.82, 2.24) is 4.57 Å². The largest absolute Gasteiger partial charge is 0.310 e. The lowest BCUT2D eigenvalue weighted by molar-refractivity contribution is 1.18. The highest BCUT2D eigenvalue weighted by Gasteiger charge is 2.18. The zero-order valence-electron chi connectivity index (χ0n) is 31.1. The first-order valence-corrected chi connectivity index (χ1v) is 20.2. The summed E-state index contributed by atoms with van der Waals surface area (Å²) in [5.41, 5.74) is 14.1. The number of hydrogen-bond donors (Lipinski definition) is 0. The molecule has 0 spiro atoms. The molecule has 0 amide bonds. The van der Waals surface area contributed by atoms with E-state index in [1.807, 2.05) is 11.3 Å². The van der Waals surface area contributed by atoms with Crippen LogP contribution in [0.2, 0.25) is 0 Å². The second-order valence-corrected chi connectivity index (χ2v) is 15.6. The Morgan fingerprint density at radius 2 is 0.842 bits per heavy atom. The minimum Gasteiger partial charge on any atom is -0.310 e. The molecule has 9 aromatic carbocycles. The van der Waals surface area contributed by atoms with Gasteiger partial charge in [-0.3, -0.25) is 0 Å². The van der Waals surface area contributed by atoms with Crippen molar-refractivity contribution in [2.24, 2.45) is 0 Å². The molecule has 2 nitrogen and oxygen atoms in total. The van der Waals surface area contributed by atoms with Crippen molar-refractivity contribution >= 4 is 70.4 Å². The van der Waals surface area contributed by atoms with Crippen LogP contribution >= 0.6 is 11.3 Å². The maximum Gasteiger partial charge on any atom is 0.0541 e. The first-order chi connectivity index (χ1) is 28.3. The third-order valence-corrected chi connectivity index (χ3v) is 12.4. The SMILES string of the molecule is c1ccc(-c2ccc(N(c3ccc(-c4ccccc4-n4c5ccccc5c5cc(-c6ccccc6)ccc54)cc3)c3ccc4sc5ccccc5c4c3)cc2)cc1. The number of para-hydroxylation sites is 2. The van der Waals surface area contributed by atoms with Crippen molar-refractivity contribution in [3.8, 4) is 39.1 Å². The maximum atomic E-state index is 2.43. The minimum absolute atomic E-state index is 1.10. The summed E-state index contributed by atoms with van der Waals surface area (Å²) >= 11 is 1.85. The Kier molecular flexibility index (Phi) is 8.04. The van der Waals surface area contributed by atoms with E-state index in [-0.39, 0.29) is 0 Å². The van der Waals surface area contributed by atoms with Gasteiger partial charge in [-0.25, -0.2) is 0 Å². The van der Waals surface area contributed by atoms with Crippen molar-refractivity contribution in [2.75, 3.05) is 4.90 Å². The quantitative estimate of drug-likeness (QED) is 0.158. The van der Waals surface area contributed by atoms with E-state index in [1.54, 1.807) is 0 Å². The molecule has 3 heteroatoms. The fourth-order valence-corrected chi connectivity index (χ4v) is 9.57. The van der Waals surface area contributed by atoms with Crippen molar-refractivity contribution in [3.63, 3.8) is 0 Å². The zero-order chi connectivity index (χ0) is 37.7. The number of benzene rings is 9. The molecule has 2 heterocycles. The number of aromatic nitrogens is 1. The lowest BCUT2D eigenvalue weighted by atomic mass is 10.0. The van der Waals surface area contributed by atoms with Crippen LogP contribution in [0.5, 0.6) is 0 Å². The molecule has 0 bridgehead atoms. The van der Waals surface area contributed by atoms with E-state index in [4.69, 9.17) is 0 Å². The van der Waals surface area contributed by atoms with Gasteiger partial charge in [-0.15, -0.1) is 11.3 Å². The summed E-state index contributed by atoms with van der Waals surface area (Å²) in [5, 5.41) is 5.08. The van der Waals surface area contributed by atoms with Crippen LogP contribution in [0.3, 0.4) is 0 Å². The molecule has 0 atom stereocenters. The molecule has 0 saturated heterocycles. The Balaban J connectivity index is 1.03. The maximum absolute atomic E-state index is 2.43. The van der Waals surface area contributed by atoms with E-state index in [2.05, 4.69) is 228 Å². The highest BCUT2D eigenvalue weighted by Crippen LogP contribution is 2.43. The summed E-state index contributed by atoms with van der Waals surface area (Å²) in [6.45, 7) is 0. The molecule has 0 saturated carbocycles. The van der Waals surface area contributed by atoms with E-state index in [0.717, 1.165) is 22.7 Å². The smallest absolute Gasteiger partial charge is 0.0541 e. The van der Waals surface area contributed by atoms with E-state index in [0.29, 0.717) is 0 Å². The summed E-state index contributed by atoms with van der Waals surface area (Å²) in [6.07, 6.45) is 0. The Hall–Kier alpha value is -7.20. The third kappa shape index (κ3) is 5.80. The fraction of sp³-hybridized carbons (Fsp3) is 0. The average Bonchev–Trinajstić information content (AvgIpc) is 3.83. The lowest BCUT2D eigenvalue weighted by Gasteiger charge is -2.26. The monoisotopic (exact) mass is 744 g/mol. The molecule has 0 unspecified atom stereocenters. The standard InChI is InChI=1S/C54H36N2S/c1-3-13-37(14-4-1)39-23-28-42(29-24-39)55(44-32-34-54-49(36-44)47-19-9-12-22-53(47)57-54)43-30-25-40(26-31-43)45-17-7-10-20-50(45)56-51-21-11-8-18-46(51)48-35-41(27-33-52(48)56)38-15-5-2-6-16-38/h1-36H. The third-order valence-electron chi connectivity index (χ3n) is 11.2. The van der Waals surface area contributed by atoms with Gasteiger partial charge in [0.15, 0.2) is 0 Å². The van der Waals surface area contributed by atoms with Crippen molar-refractivity contribution in [1.29, 1.82) is 0 Å². The molecular formula is C54H36N2S. The lowest BCUT2D eigenvalue weighted by Crippen LogP contribution is -2.09. The number of fused-ring (bicyclic) bond motifs is 6. The predicted molar refractivity (Wildman–Crippen MR) is 245 cm³/mol. The molecule has 0 radical (unpaired) electrons. The Labute approximate surface area is 335 Å². The van der Waals surface area contributed by atoms with Crippen LogP contribution in [0.25, 0.3) is 81.0 Å². The predicted octanol–water partition coefficient (Wildman–Crippen LogP) is 15.6. The summed E-state index contributed by atoms with van der Waals surface area (Å²) < 4.78 is 5.04. The summed E-state index contributed by atoms with van der Waals surface area (Å²) in [5.74, 6) is 0. The van der Waals surface area contributed by atoms with Gasteiger partial charge in [0, 0.05) is 53.6 Å². The van der Waals surface area contributed by atoms with Gasteiger partial charge in [-0.1, -0.05) is 146 Å². The Bertz CT molecular complexity index is 3210. The summed E-state index contributed by atoms with van der Waals surface area (Å²) in [6, 6.07) is 79.4. The van der Waals surface area contributed by atoms with E-state index in [9.17, 15) is 0 Å². The normalized spacial score (nSPS) is 11.5. The van der Waals surface area contributed by atoms with E-state index in [1.165, 1.54) is 75.4 Å². The second-order valence-electron chi connectivity index (χ2n) is 14.5. The summed E-state index contributed by atoms with van der Waals surface area (Å²) in [4.78, 5) is 2.38. The van der Waals surface area contributed by atoms with Crippen LogP contribution in [-0.2, 0) is 0 Å². The van der Waals surface area contributed by atoms with Crippen LogP contribution < -0.4 is 4.90 Å². The number of hydrogen-bond acceptors (Lipinski definition) is 2. The second kappa shape index (κ2) is 13.8. The van der Waals surface area contributed by atoms with Gasteiger partial charge in [-0.05, 0) is 101 Å². The molecule has 57 heavy (non-hydrogen) atoms. The number of rotatable bonds is 7. The van der Waals surface area contributed by atoms with E-state index >= 15 is 0 Å². The number of thiophene rings is 1. The zero-order valence-corrected chi connectivity index (χ0v) is 31.9. The number of anilines is 3. The first-order valence-electron chi connectivity index (χ1n) is 19.4. The number of nitrogens with zero attached hydrogens (tertiary/aromatic N) is 2. The minimum atomic E-state index is 1.10. The van der Waals surface area contributed by atoms with Crippen LogP contribution in [0.4, 0.5) is 17.1 Å². The average molecular weight is 745 g/mol. The van der Waals surface area contributed by atoms with Gasteiger partial charge >= 0.3 is 0 Å². The van der Waals surface area contributed by atoms with Crippen molar-refractivity contribution in [2.45, 2.75) is 0 Å². The molecule has 0 N–H and O–H groups in total. The van der Waals surface area contributed by atoms with Crippen molar-refractivity contribution in [3.05, 3.63) is 218 Å². The van der Waals surface area contributed by atoms with Crippen molar-refractivity contribution < 1.29 is 0 Å². The molecule has 11 aromatic rings.